The molecule has 38 heavy (non-hydrogen) atoms. The third-order valence-corrected chi connectivity index (χ3v) is 7.29. The van der Waals surface area contributed by atoms with Crippen molar-refractivity contribution in [1.82, 2.24) is 19.9 Å². The fourth-order valence-electron chi connectivity index (χ4n) is 4.88. The van der Waals surface area contributed by atoms with Gasteiger partial charge in [0.05, 0.1) is 16.9 Å². The molecule has 8 heteroatoms. The molecule has 2 aliphatic heterocycles. The Morgan fingerprint density at radius 1 is 1.03 bits per heavy atom. The second kappa shape index (κ2) is 10.9. The number of carbonyl (C=O) groups excluding carboxylic acids is 1. The predicted octanol–water partition coefficient (Wildman–Crippen LogP) is 5.66. The monoisotopic (exact) mass is 524 g/mol. The van der Waals surface area contributed by atoms with E-state index in [1.54, 1.807) is 12.4 Å². The number of hydrogen-bond acceptors (Lipinski definition) is 6. The van der Waals surface area contributed by atoms with Crippen molar-refractivity contribution < 1.29 is 9.53 Å². The van der Waals surface area contributed by atoms with Crippen molar-refractivity contribution in [2.24, 2.45) is 0 Å². The SMILES string of the molecule is O=C1c2cc(-c3nc(NC4CCOCC4)ncc3Cl)ccc2CN1C[CH]c1ccc(-c2cccnc2)cc1. The lowest BCUT2D eigenvalue weighted by molar-refractivity contribution is 0.0792. The van der Waals surface area contributed by atoms with Gasteiger partial charge in [-0.25, -0.2) is 9.97 Å². The topological polar surface area (TPSA) is 80.2 Å². The summed E-state index contributed by atoms with van der Waals surface area (Å²) in [5.74, 6) is 0.546. The van der Waals surface area contributed by atoms with Crippen LogP contribution in [0.4, 0.5) is 5.95 Å². The number of rotatable bonds is 7. The summed E-state index contributed by atoms with van der Waals surface area (Å²) >= 11 is 6.48. The van der Waals surface area contributed by atoms with Crippen LogP contribution in [0.1, 0.15) is 34.3 Å². The summed E-state index contributed by atoms with van der Waals surface area (Å²) < 4.78 is 5.43. The largest absolute Gasteiger partial charge is 0.381 e. The molecule has 1 amide bonds. The molecule has 191 valence electrons. The molecule has 0 bridgehead atoms. The Morgan fingerprint density at radius 3 is 2.63 bits per heavy atom. The number of nitrogens with one attached hydrogen (secondary N) is 1. The van der Waals surface area contributed by atoms with E-state index in [0.29, 0.717) is 35.3 Å². The minimum Gasteiger partial charge on any atom is -0.381 e. The number of amides is 1. The van der Waals surface area contributed by atoms with Crippen LogP contribution in [0.25, 0.3) is 22.4 Å². The molecule has 0 saturated carbocycles. The molecule has 1 saturated heterocycles. The second-order valence-corrected chi connectivity index (χ2v) is 9.95. The van der Waals surface area contributed by atoms with Gasteiger partial charge >= 0.3 is 0 Å². The standard InChI is InChI=1S/C30H27ClN5O2/c31-27-18-33-30(34-25-10-14-38-15-11-25)35-28(27)22-7-8-24-19-36(29(37)26(24)16-22)13-9-20-3-5-21(6-4-20)23-2-1-12-32-17-23/h1-9,12,16-18,25H,10-11,13-15,19H2,(H,33,34,35). The van der Waals surface area contributed by atoms with E-state index in [0.717, 1.165) is 53.9 Å². The minimum absolute atomic E-state index is 0.0100. The predicted molar refractivity (Wildman–Crippen MR) is 148 cm³/mol. The Labute approximate surface area is 226 Å². The van der Waals surface area contributed by atoms with Crippen LogP contribution < -0.4 is 5.32 Å². The third-order valence-electron chi connectivity index (χ3n) is 7.01. The van der Waals surface area contributed by atoms with Crippen molar-refractivity contribution in [3.8, 4) is 22.4 Å². The average molecular weight is 525 g/mol. The van der Waals surface area contributed by atoms with Crippen LogP contribution in [0.15, 0.2) is 73.2 Å². The van der Waals surface area contributed by atoms with Crippen LogP contribution in [0.2, 0.25) is 5.02 Å². The fraction of sp³-hybridized carbons (Fsp3) is 0.233. The normalized spacial score (nSPS) is 15.5. The second-order valence-electron chi connectivity index (χ2n) is 9.55. The maximum absolute atomic E-state index is 13.3. The zero-order chi connectivity index (χ0) is 25.9. The van der Waals surface area contributed by atoms with Gasteiger partial charge in [0.15, 0.2) is 0 Å². The lowest BCUT2D eigenvalue weighted by Crippen LogP contribution is -2.28. The highest BCUT2D eigenvalue weighted by Crippen LogP contribution is 2.32. The molecule has 2 aromatic heterocycles. The van der Waals surface area contributed by atoms with Gasteiger partial charge < -0.3 is 15.0 Å². The van der Waals surface area contributed by atoms with Crippen molar-refractivity contribution in [2.75, 3.05) is 25.1 Å². The lowest BCUT2D eigenvalue weighted by Gasteiger charge is -2.23. The Bertz CT molecular complexity index is 1440. The van der Waals surface area contributed by atoms with Gasteiger partial charge in [-0.2, -0.15) is 0 Å². The fourth-order valence-corrected chi connectivity index (χ4v) is 5.08. The van der Waals surface area contributed by atoms with Crippen LogP contribution in [0.5, 0.6) is 0 Å². The van der Waals surface area contributed by atoms with E-state index in [4.69, 9.17) is 16.3 Å². The molecule has 1 N–H and O–H groups in total. The van der Waals surface area contributed by atoms with Gasteiger partial charge in [-0.15, -0.1) is 0 Å². The van der Waals surface area contributed by atoms with E-state index in [9.17, 15) is 4.79 Å². The summed E-state index contributed by atoms with van der Waals surface area (Å²) in [6, 6.07) is 18.4. The van der Waals surface area contributed by atoms with Crippen LogP contribution in [0, 0.1) is 6.42 Å². The summed E-state index contributed by atoms with van der Waals surface area (Å²) in [6.07, 6.45) is 9.14. The smallest absolute Gasteiger partial charge is 0.254 e. The average Bonchev–Trinajstić information content (AvgIpc) is 3.29. The molecule has 4 heterocycles. The number of anilines is 1. The number of halogens is 1. The number of carbonyl (C=O) groups is 1. The van der Waals surface area contributed by atoms with E-state index in [-0.39, 0.29) is 11.9 Å². The molecule has 2 aliphatic rings. The highest BCUT2D eigenvalue weighted by molar-refractivity contribution is 6.33. The maximum atomic E-state index is 13.3. The van der Waals surface area contributed by atoms with E-state index in [1.807, 2.05) is 41.4 Å². The summed E-state index contributed by atoms with van der Waals surface area (Å²) in [5.41, 5.74) is 6.37. The van der Waals surface area contributed by atoms with Gasteiger partial charge in [0.2, 0.25) is 5.95 Å². The summed E-state index contributed by atoms with van der Waals surface area (Å²) in [4.78, 5) is 28.3. The van der Waals surface area contributed by atoms with E-state index < -0.39 is 0 Å². The van der Waals surface area contributed by atoms with Gasteiger partial charge in [-0.05, 0) is 47.2 Å². The van der Waals surface area contributed by atoms with E-state index >= 15 is 0 Å². The molecule has 6 rings (SSSR count). The first kappa shape index (κ1) is 24.5. The van der Waals surface area contributed by atoms with E-state index in [2.05, 4.69) is 51.0 Å². The minimum atomic E-state index is 0.0100. The molecule has 7 nitrogen and oxygen atoms in total. The molecule has 0 unspecified atom stereocenters. The first-order chi connectivity index (χ1) is 18.6. The number of benzene rings is 2. The van der Waals surface area contributed by atoms with E-state index in [1.165, 1.54) is 0 Å². The van der Waals surface area contributed by atoms with Gasteiger partial charge in [0.1, 0.15) is 0 Å². The summed E-state index contributed by atoms with van der Waals surface area (Å²) in [6.45, 7) is 2.57. The van der Waals surface area contributed by atoms with Crippen LogP contribution in [0.3, 0.4) is 0 Å². The van der Waals surface area contributed by atoms with Gasteiger partial charge in [0, 0.05) is 62.3 Å². The highest BCUT2D eigenvalue weighted by Gasteiger charge is 2.28. The molecular weight excluding hydrogens is 498 g/mol. The van der Waals surface area contributed by atoms with Crippen molar-refractivity contribution in [3.63, 3.8) is 0 Å². The van der Waals surface area contributed by atoms with Crippen LogP contribution in [-0.4, -0.2) is 51.6 Å². The third kappa shape index (κ3) is 5.26. The van der Waals surface area contributed by atoms with Crippen molar-refractivity contribution in [1.29, 1.82) is 0 Å². The van der Waals surface area contributed by atoms with Crippen LogP contribution in [-0.2, 0) is 11.3 Å². The van der Waals surface area contributed by atoms with Gasteiger partial charge in [-0.1, -0.05) is 54.1 Å². The number of ether oxygens (including phenoxy) is 1. The molecule has 0 aliphatic carbocycles. The van der Waals surface area contributed by atoms with Crippen molar-refractivity contribution >= 4 is 23.5 Å². The van der Waals surface area contributed by atoms with Gasteiger partial charge in [-0.3, -0.25) is 9.78 Å². The first-order valence-corrected chi connectivity index (χ1v) is 13.1. The molecule has 1 fully saturated rings. The molecule has 0 atom stereocenters. The lowest BCUT2D eigenvalue weighted by atomic mass is 10.0. The zero-order valence-corrected chi connectivity index (χ0v) is 21.6. The van der Waals surface area contributed by atoms with Crippen molar-refractivity contribution in [2.45, 2.75) is 25.4 Å². The molecule has 1 radical (unpaired) electrons. The Hall–Kier alpha value is -3.81. The Morgan fingerprint density at radius 2 is 1.84 bits per heavy atom. The Kier molecular flexibility index (Phi) is 7.03. The molecular formula is C30H27ClN5O2. The molecule has 2 aromatic carbocycles. The molecule has 0 spiro atoms. The Balaban J connectivity index is 1.13. The molecule has 4 aromatic rings. The van der Waals surface area contributed by atoms with Crippen molar-refractivity contribution in [3.05, 3.63) is 101 Å². The zero-order valence-electron chi connectivity index (χ0n) is 20.8. The van der Waals surface area contributed by atoms with Crippen LogP contribution >= 0.6 is 11.6 Å². The highest BCUT2D eigenvalue weighted by atomic mass is 35.5. The number of hydrogen-bond donors (Lipinski definition) is 1. The number of aromatic nitrogens is 3. The number of nitrogens with zero attached hydrogens (tertiary/aromatic N) is 4. The maximum Gasteiger partial charge on any atom is 0.254 e. The number of fused-ring (bicyclic) bond motifs is 1. The first-order valence-electron chi connectivity index (χ1n) is 12.8. The summed E-state index contributed by atoms with van der Waals surface area (Å²) in [5, 5.41) is 3.84. The number of pyridine rings is 1. The van der Waals surface area contributed by atoms with Gasteiger partial charge in [0.25, 0.3) is 5.91 Å². The summed E-state index contributed by atoms with van der Waals surface area (Å²) in [7, 11) is 0. The quantitative estimate of drug-likeness (QED) is 0.336.